The van der Waals surface area contributed by atoms with Gasteiger partial charge in [-0.25, -0.2) is 0 Å². The van der Waals surface area contributed by atoms with E-state index in [0.717, 1.165) is 31.1 Å². The summed E-state index contributed by atoms with van der Waals surface area (Å²) in [5.74, 6) is 1.61. The number of allylic oxidation sites excluding steroid dienone is 2. The molecule has 2 nitrogen and oxygen atoms in total. The zero-order chi connectivity index (χ0) is 12.6. The monoisotopic (exact) mass is 236 g/mol. The van der Waals surface area contributed by atoms with E-state index in [9.17, 15) is 9.90 Å². The van der Waals surface area contributed by atoms with Gasteiger partial charge in [0.05, 0.1) is 6.10 Å². The summed E-state index contributed by atoms with van der Waals surface area (Å²) in [6.07, 6.45) is 6.63. The Kier molecular flexibility index (Phi) is 3.44. The van der Waals surface area contributed by atoms with Crippen molar-refractivity contribution in [2.75, 3.05) is 0 Å². The van der Waals surface area contributed by atoms with E-state index in [-0.39, 0.29) is 11.5 Å². The lowest BCUT2D eigenvalue weighted by Crippen LogP contribution is -2.36. The van der Waals surface area contributed by atoms with Crippen molar-refractivity contribution >= 4 is 6.29 Å². The maximum absolute atomic E-state index is 11.0. The molecule has 96 valence electrons. The minimum absolute atomic E-state index is 0.0142. The molecule has 0 spiro atoms. The molecule has 0 aromatic heterocycles. The third kappa shape index (κ3) is 2.08. The number of hydrogen-bond acceptors (Lipinski definition) is 2. The van der Waals surface area contributed by atoms with Crippen LogP contribution >= 0.6 is 0 Å². The van der Waals surface area contributed by atoms with E-state index in [4.69, 9.17) is 0 Å². The van der Waals surface area contributed by atoms with Crippen molar-refractivity contribution in [1.29, 1.82) is 0 Å². The fraction of sp³-hybridized carbons (Fsp3) is 0.800. The van der Waals surface area contributed by atoms with Gasteiger partial charge in [-0.05, 0) is 49.0 Å². The molecule has 0 bridgehead atoms. The lowest BCUT2D eigenvalue weighted by atomic mass is 9.71. The van der Waals surface area contributed by atoms with Crippen molar-refractivity contribution in [3.63, 3.8) is 0 Å². The van der Waals surface area contributed by atoms with Gasteiger partial charge in [-0.1, -0.05) is 26.8 Å². The van der Waals surface area contributed by atoms with Gasteiger partial charge >= 0.3 is 0 Å². The molecular formula is C15H24O2. The largest absolute Gasteiger partial charge is 0.393 e. The molecule has 1 fully saturated rings. The quantitative estimate of drug-likeness (QED) is 0.748. The molecule has 1 saturated carbocycles. The van der Waals surface area contributed by atoms with Crippen LogP contribution in [0.5, 0.6) is 0 Å². The highest BCUT2D eigenvalue weighted by Crippen LogP contribution is 2.54. The number of aliphatic hydroxyl groups excluding tert-OH is 1. The average molecular weight is 236 g/mol. The van der Waals surface area contributed by atoms with Crippen LogP contribution in [0.4, 0.5) is 0 Å². The molecule has 0 aromatic carbocycles. The third-order valence-electron chi connectivity index (χ3n) is 5.11. The van der Waals surface area contributed by atoms with E-state index in [0.29, 0.717) is 17.8 Å². The molecule has 4 atom stereocenters. The van der Waals surface area contributed by atoms with E-state index in [1.807, 2.05) is 0 Å². The number of fused-ring (bicyclic) bond motifs is 1. The molecule has 0 amide bonds. The van der Waals surface area contributed by atoms with Crippen LogP contribution in [0.25, 0.3) is 0 Å². The molecule has 0 heterocycles. The molecule has 2 aliphatic rings. The van der Waals surface area contributed by atoms with Gasteiger partial charge < -0.3 is 5.11 Å². The third-order valence-corrected chi connectivity index (χ3v) is 5.11. The maximum Gasteiger partial charge on any atom is 0.145 e. The predicted octanol–water partition coefficient (Wildman–Crippen LogP) is 2.95. The van der Waals surface area contributed by atoms with Crippen molar-refractivity contribution < 1.29 is 9.90 Å². The number of aldehydes is 1. The molecule has 2 aliphatic carbocycles. The smallest absolute Gasteiger partial charge is 0.145 e. The van der Waals surface area contributed by atoms with E-state index < -0.39 is 0 Å². The van der Waals surface area contributed by atoms with Crippen molar-refractivity contribution in [2.45, 2.75) is 52.6 Å². The first kappa shape index (κ1) is 12.8. The highest BCUT2D eigenvalue weighted by molar-refractivity contribution is 5.73. The van der Waals surface area contributed by atoms with Gasteiger partial charge in [0.1, 0.15) is 6.29 Å². The summed E-state index contributed by atoms with van der Waals surface area (Å²) in [4.78, 5) is 11.0. The second-order valence-electron chi connectivity index (χ2n) is 6.39. The highest BCUT2D eigenvalue weighted by Gasteiger charge is 2.49. The van der Waals surface area contributed by atoms with Gasteiger partial charge in [0.2, 0.25) is 0 Å². The second-order valence-corrected chi connectivity index (χ2v) is 6.39. The second kappa shape index (κ2) is 4.56. The first-order chi connectivity index (χ1) is 7.99. The Morgan fingerprint density at radius 1 is 1.47 bits per heavy atom. The molecule has 1 N–H and O–H groups in total. The summed E-state index contributed by atoms with van der Waals surface area (Å²) < 4.78 is 0. The van der Waals surface area contributed by atoms with Gasteiger partial charge in [0.25, 0.3) is 0 Å². The lowest BCUT2D eigenvalue weighted by Gasteiger charge is -2.36. The Morgan fingerprint density at radius 2 is 2.18 bits per heavy atom. The number of aliphatic hydroxyl groups is 1. The van der Waals surface area contributed by atoms with Crippen LogP contribution in [0.3, 0.4) is 0 Å². The normalized spacial score (nSPS) is 41.9. The van der Waals surface area contributed by atoms with Crippen molar-refractivity contribution in [3.8, 4) is 0 Å². The Balaban J connectivity index is 2.36. The van der Waals surface area contributed by atoms with Crippen LogP contribution in [0, 0.1) is 23.2 Å². The highest BCUT2D eigenvalue weighted by atomic mass is 16.3. The molecule has 0 radical (unpaired) electrons. The fourth-order valence-corrected chi connectivity index (χ4v) is 3.81. The van der Waals surface area contributed by atoms with Crippen LogP contribution < -0.4 is 0 Å². The van der Waals surface area contributed by atoms with Crippen molar-refractivity contribution in [1.82, 2.24) is 0 Å². The van der Waals surface area contributed by atoms with Gasteiger partial charge in [-0.15, -0.1) is 0 Å². The zero-order valence-corrected chi connectivity index (χ0v) is 11.1. The Bertz CT molecular complexity index is 332. The van der Waals surface area contributed by atoms with Gasteiger partial charge in [0, 0.05) is 5.41 Å². The Hall–Kier alpha value is -0.630. The van der Waals surface area contributed by atoms with Gasteiger partial charge in [0.15, 0.2) is 0 Å². The molecule has 2 rings (SSSR count). The summed E-state index contributed by atoms with van der Waals surface area (Å²) in [5.41, 5.74) is 0.880. The minimum atomic E-state index is -0.259. The van der Waals surface area contributed by atoms with Crippen LogP contribution in [-0.2, 0) is 4.79 Å². The molecule has 2 heteroatoms. The zero-order valence-electron chi connectivity index (χ0n) is 11.1. The number of hydrogen-bond donors (Lipinski definition) is 1. The Labute approximate surface area is 104 Å². The van der Waals surface area contributed by atoms with Gasteiger partial charge in [-0.2, -0.15) is 0 Å². The first-order valence-electron chi connectivity index (χ1n) is 6.83. The Morgan fingerprint density at radius 3 is 2.76 bits per heavy atom. The summed E-state index contributed by atoms with van der Waals surface area (Å²) in [7, 11) is 0. The number of carbonyl (C=O) groups is 1. The van der Waals surface area contributed by atoms with Crippen LogP contribution in [0.2, 0.25) is 0 Å². The topological polar surface area (TPSA) is 37.3 Å². The fourth-order valence-electron chi connectivity index (χ4n) is 3.81. The molecule has 0 unspecified atom stereocenters. The summed E-state index contributed by atoms with van der Waals surface area (Å²) in [6, 6.07) is 0. The molecule has 0 aromatic rings. The first-order valence-corrected chi connectivity index (χ1v) is 6.83. The van der Waals surface area contributed by atoms with E-state index in [1.54, 1.807) is 0 Å². The van der Waals surface area contributed by atoms with E-state index in [2.05, 4.69) is 26.8 Å². The SMILES string of the molecule is CC(C)[C@@H]1CC[C@@]2(C)[C@H](O)CCC(C=O)=C[C@@H]12. The van der Waals surface area contributed by atoms with E-state index in [1.165, 1.54) is 6.42 Å². The summed E-state index contributed by atoms with van der Waals surface area (Å²) in [6.45, 7) is 6.71. The summed E-state index contributed by atoms with van der Waals surface area (Å²) >= 11 is 0. The maximum atomic E-state index is 11.0. The van der Waals surface area contributed by atoms with Crippen LogP contribution in [-0.4, -0.2) is 17.5 Å². The molecular weight excluding hydrogens is 212 g/mol. The van der Waals surface area contributed by atoms with Gasteiger partial charge in [-0.3, -0.25) is 4.79 Å². The minimum Gasteiger partial charge on any atom is -0.393 e. The van der Waals surface area contributed by atoms with Crippen molar-refractivity contribution in [2.24, 2.45) is 23.2 Å². The molecule has 17 heavy (non-hydrogen) atoms. The lowest BCUT2D eigenvalue weighted by molar-refractivity contribution is -0.105. The number of carbonyl (C=O) groups excluding carboxylic acids is 1. The average Bonchev–Trinajstić information content (AvgIpc) is 2.57. The molecule has 0 saturated heterocycles. The van der Waals surface area contributed by atoms with E-state index >= 15 is 0 Å². The standard InChI is InChI=1S/C15H24O2/c1-10(2)12-6-7-15(3)13(12)8-11(9-16)4-5-14(15)17/h8-10,12-14,17H,4-7H2,1-3H3/t12-,13-,14+,15+/m0/s1. The molecule has 0 aliphatic heterocycles. The number of rotatable bonds is 2. The van der Waals surface area contributed by atoms with Crippen LogP contribution in [0.1, 0.15) is 46.5 Å². The predicted molar refractivity (Wildman–Crippen MR) is 68.5 cm³/mol. The van der Waals surface area contributed by atoms with Crippen LogP contribution in [0.15, 0.2) is 11.6 Å². The summed E-state index contributed by atoms with van der Waals surface area (Å²) in [5, 5.41) is 10.4. The van der Waals surface area contributed by atoms with Crippen molar-refractivity contribution in [3.05, 3.63) is 11.6 Å².